The number of hydrogen-bond acceptors (Lipinski definition) is 7. The van der Waals surface area contributed by atoms with Gasteiger partial charge in [0, 0.05) is 24.8 Å². The van der Waals surface area contributed by atoms with Crippen LogP contribution in [0.1, 0.15) is 11.7 Å². The molecule has 4 rings (SSSR count). The molecule has 13 heteroatoms. The first-order valence-corrected chi connectivity index (χ1v) is 12.5. The Bertz CT molecular complexity index is 1470. The fourth-order valence-electron chi connectivity index (χ4n) is 3.49. The number of halogens is 3. The van der Waals surface area contributed by atoms with E-state index in [1.165, 1.54) is 24.3 Å². The Balaban J connectivity index is 1.26. The summed E-state index contributed by atoms with van der Waals surface area (Å²) in [6.07, 6.45) is -0.937. The molecule has 1 atom stereocenters. The van der Waals surface area contributed by atoms with E-state index in [1.807, 2.05) is 0 Å². The number of anilines is 1. The maximum atomic E-state index is 13.4. The molecule has 0 radical (unpaired) electrons. The molecule has 0 aliphatic heterocycles. The molecule has 37 heavy (non-hydrogen) atoms. The lowest BCUT2D eigenvalue weighted by molar-refractivity contribution is -0.0518. The van der Waals surface area contributed by atoms with E-state index >= 15 is 0 Å². The molecule has 0 amide bonds. The van der Waals surface area contributed by atoms with Crippen molar-refractivity contribution in [3.8, 4) is 11.6 Å². The van der Waals surface area contributed by atoms with Crippen molar-refractivity contribution in [3.05, 3.63) is 78.1 Å². The number of alkyl halides is 2. The highest BCUT2D eigenvalue weighted by atomic mass is 32.2. The number of aromatic nitrogens is 2. The van der Waals surface area contributed by atoms with E-state index in [4.69, 9.17) is 4.74 Å². The molecular formula is C24H23F3N4O5S. The van der Waals surface area contributed by atoms with Crippen molar-refractivity contribution in [1.82, 2.24) is 15.5 Å². The summed E-state index contributed by atoms with van der Waals surface area (Å²) in [5.41, 5.74) is 1.17. The molecule has 0 fully saturated rings. The molecule has 0 unspecified atom stereocenters. The second kappa shape index (κ2) is 11.5. The highest BCUT2D eigenvalue weighted by Crippen LogP contribution is 2.27. The predicted octanol–water partition coefficient (Wildman–Crippen LogP) is 3.81. The maximum absolute atomic E-state index is 13.4. The average Bonchev–Trinajstić information content (AvgIpc) is 3.25. The van der Waals surface area contributed by atoms with E-state index in [9.17, 15) is 26.7 Å². The number of ether oxygens (including phenoxy) is 2. The average molecular weight is 537 g/mol. The van der Waals surface area contributed by atoms with Gasteiger partial charge < -0.3 is 19.9 Å². The molecular weight excluding hydrogens is 513 g/mol. The number of fused-ring (bicyclic) bond motifs is 1. The molecule has 0 spiro atoms. The number of benzene rings is 3. The third kappa shape index (κ3) is 6.90. The first-order valence-electron chi connectivity index (χ1n) is 11.0. The Hall–Kier alpha value is -3.81. The van der Waals surface area contributed by atoms with Gasteiger partial charge in [0.05, 0.1) is 21.9 Å². The second-order valence-electron chi connectivity index (χ2n) is 7.87. The molecule has 1 heterocycles. The lowest BCUT2D eigenvalue weighted by atomic mass is 10.1. The summed E-state index contributed by atoms with van der Waals surface area (Å²) in [5, 5.41) is 20.2. The summed E-state index contributed by atoms with van der Waals surface area (Å²) >= 11 is 0. The van der Waals surface area contributed by atoms with Crippen LogP contribution in [0.5, 0.6) is 11.6 Å². The zero-order chi connectivity index (χ0) is 26.4. The van der Waals surface area contributed by atoms with Gasteiger partial charge in [0.1, 0.15) is 18.2 Å². The molecule has 4 N–H and O–H groups in total. The van der Waals surface area contributed by atoms with E-state index in [2.05, 4.69) is 25.0 Å². The van der Waals surface area contributed by atoms with Crippen molar-refractivity contribution >= 4 is 26.6 Å². The van der Waals surface area contributed by atoms with Crippen molar-refractivity contribution in [1.29, 1.82) is 0 Å². The van der Waals surface area contributed by atoms with Crippen molar-refractivity contribution in [2.75, 3.05) is 24.4 Å². The van der Waals surface area contributed by atoms with Gasteiger partial charge in [-0.3, -0.25) is 9.82 Å². The molecule has 1 aromatic heterocycles. The van der Waals surface area contributed by atoms with Crippen molar-refractivity contribution in [2.24, 2.45) is 0 Å². The van der Waals surface area contributed by atoms with Crippen LogP contribution in [0.4, 0.5) is 18.9 Å². The molecule has 0 aliphatic carbocycles. The van der Waals surface area contributed by atoms with Crippen molar-refractivity contribution in [2.45, 2.75) is 17.6 Å². The normalized spacial score (nSPS) is 12.6. The van der Waals surface area contributed by atoms with Crippen LogP contribution in [0, 0.1) is 5.82 Å². The van der Waals surface area contributed by atoms with E-state index in [0.29, 0.717) is 28.8 Å². The summed E-state index contributed by atoms with van der Waals surface area (Å²) in [7, 11) is -4.00. The van der Waals surface area contributed by atoms with Crippen molar-refractivity contribution < 1.29 is 36.2 Å². The number of rotatable bonds is 12. The van der Waals surface area contributed by atoms with Gasteiger partial charge in [-0.2, -0.15) is 8.78 Å². The molecule has 0 saturated heterocycles. The number of sulfonamides is 1. The fourth-order valence-corrected chi connectivity index (χ4v) is 4.57. The SMILES string of the molecule is O=S(=O)(Nc1cccc([C@@H](O)CNCCOc2ccc3c(OC(F)F)n[nH]c3c2)c1)c1cccc(F)c1. The van der Waals surface area contributed by atoms with Gasteiger partial charge in [-0.25, -0.2) is 12.8 Å². The third-order valence-corrected chi connectivity index (χ3v) is 6.59. The number of aliphatic hydroxyl groups excluding tert-OH is 1. The summed E-state index contributed by atoms with van der Waals surface area (Å²) in [5.74, 6) is -0.379. The molecule has 0 bridgehead atoms. The minimum absolute atomic E-state index is 0.164. The van der Waals surface area contributed by atoms with Crippen LogP contribution in [0.25, 0.3) is 10.9 Å². The Kier molecular flexibility index (Phi) is 8.16. The molecule has 0 saturated carbocycles. The topological polar surface area (TPSA) is 126 Å². The Morgan fingerprint density at radius 3 is 2.65 bits per heavy atom. The minimum Gasteiger partial charge on any atom is -0.492 e. The fraction of sp³-hybridized carbons (Fsp3) is 0.208. The Morgan fingerprint density at radius 1 is 1.05 bits per heavy atom. The molecule has 9 nitrogen and oxygen atoms in total. The minimum atomic E-state index is -4.00. The summed E-state index contributed by atoms with van der Waals surface area (Å²) in [6.45, 7) is -2.18. The molecule has 0 aliphatic rings. The first kappa shape index (κ1) is 26.3. The quantitative estimate of drug-likeness (QED) is 0.203. The lowest BCUT2D eigenvalue weighted by Gasteiger charge is -2.15. The van der Waals surface area contributed by atoms with Gasteiger partial charge in [-0.05, 0) is 48.0 Å². The zero-order valence-electron chi connectivity index (χ0n) is 19.2. The number of hydrogen-bond donors (Lipinski definition) is 4. The molecule has 4 aromatic rings. The Morgan fingerprint density at radius 2 is 1.86 bits per heavy atom. The van der Waals surface area contributed by atoms with E-state index in [1.54, 1.807) is 30.3 Å². The number of aliphatic hydroxyl groups is 1. The van der Waals surface area contributed by atoms with E-state index < -0.39 is 28.6 Å². The number of H-pyrrole nitrogens is 1. The standard InChI is InChI=1S/C24H23F3N4O5S/c25-16-4-2-6-19(12-16)37(33,34)31-17-5-1-3-15(11-17)22(32)14-28-9-10-35-18-7-8-20-21(13-18)29-30-23(20)36-24(26)27/h1-8,11-13,22,24,28,31-32H,9-10,14H2,(H,29,30)/t22-/m0/s1. The van der Waals surface area contributed by atoms with E-state index in [0.717, 1.165) is 12.1 Å². The van der Waals surface area contributed by atoms with Crippen LogP contribution in [-0.4, -0.2) is 50.0 Å². The number of nitrogens with one attached hydrogen (secondary N) is 3. The predicted molar refractivity (Wildman–Crippen MR) is 130 cm³/mol. The number of aromatic amines is 1. The molecule has 196 valence electrons. The summed E-state index contributed by atoms with van der Waals surface area (Å²) in [6, 6.07) is 15.7. The highest BCUT2D eigenvalue weighted by Gasteiger charge is 2.16. The van der Waals surface area contributed by atoms with Gasteiger partial charge in [0.15, 0.2) is 0 Å². The largest absolute Gasteiger partial charge is 0.492 e. The summed E-state index contributed by atoms with van der Waals surface area (Å²) < 4.78 is 75.6. The van der Waals surface area contributed by atoms with Gasteiger partial charge in [-0.15, -0.1) is 5.10 Å². The highest BCUT2D eigenvalue weighted by molar-refractivity contribution is 7.92. The third-order valence-electron chi connectivity index (χ3n) is 5.22. The Labute approximate surface area is 210 Å². The van der Waals surface area contributed by atoms with Gasteiger partial charge >= 0.3 is 6.61 Å². The van der Waals surface area contributed by atoms with Gasteiger partial charge in [0.25, 0.3) is 10.0 Å². The second-order valence-corrected chi connectivity index (χ2v) is 9.55. The summed E-state index contributed by atoms with van der Waals surface area (Å²) in [4.78, 5) is -0.214. The van der Waals surface area contributed by atoms with Gasteiger partial charge in [0.2, 0.25) is 5.88 Å². The van der Waals surface area contributed by atoms with Crippen LogP contribution >= 0.6 is 0 Å². The van der Waals surface area contributed by atoms with Crippen LogP contribution < -0.4 is 19.5 Å². The number of nitrogens with zero attached hydrogens (tertiary/aromatic N) is 1. The first-order chi connectivity index (χ1) is 17.7. The monoisotopic (exact) mass is 536 g/mol. The van der Waals surface area contributed by atoms with Crippen LogP contribution in [0.3, 0.4) is 0 Å². The lowest BCUT2D eigenvalue weighted by Crippen LogP contribution is -2.26. The maximum Gasteiger partial charge on any atom is 0.388 e. The van der Waals surface area contributed by atoms with E-state index in [-0.39, 0.29) is 29.6 Å². The van der Waals surface area contributed by atoms with Crippen LogP contribution in [0.2, 0.25) is 0 Å². The molecule has 3 aromatic carbocycles. The van der Waals surface area contributed by atoms with Crippen LogP contribution in [0.15, 0.2) is 71.6 Å². The van der Waals surface area contributed by atoms with Crippen LogP contribution in [-0.2, 0) is 10.0 Å². The smallest absolute Gasteiger partial charge is 0.388 e. The van der Waals surface area contributed by atoms with Crippen molar-refractivity contribution in [3.63, 3.8) is 0 Å². The van der Waals surface area contributed by atoms with Gasteiger partial charge in [-0.1, -0.05) is 18.2 Å². The zero-order valence-corrected chi connectivity index (χ0v) is 20.0.